The molecule has 2 fully saturated rings. The molecular weight excluding hydrogens is 138 g/mol. The Labute approximate surface area is 67.6 Å². The van der Waals surface area contributed by atoms with Gasteiger partial charge in [0.1, 0.15) is 5.78 Å². The number of rotatable bonds is 1. The molecule has 2 heteroatoms. The molecule has 0 atom stereocenters. The van der Waals surface area contributed by atoms with Crippen LogP contribution in [-0.4, -0.2) is 29.3 Å². The van der Waals surface area contributed by atoms with Crippen molar-refractivity contribution in [2.24, 2.45) is 0 Å². The third kappa shape index (κ3) is 0.853. The topological polar surface area (TPSA) is 20.3 Å². The molecule has 0 aromatic carbocycles. The molecule has 2 rings (SSSR count). The Bertz CT molecular complexity index is 178. The van der Waals surface area contributed by atoms with Gasteiger partial charge in [-0.25, -0.2) is 0 Å². The third-order valence-electron chi connectivity index (χ3n) is 3.30. The van der Waals surface area contributed by atoms with E-state index >= 15 is 0 Å². The van der Waals surface area contributed by atoms with E-state index < -0.39 is 0 Å². The molecule has 0 aromatic heterocycles. The Morgan fingerprint density at radius 3 is 2.18 bits per heavy atom. The number of Topliss-reactive ketones (excluding diaryl/α,β-unsaturated/α-hetero) is 1. The van der Waals surface area contributed by atoms with Gasteiger partial charge in [-0.3, -0.25) is 9.69 Å². The van der Waals surface area contributed by atoms with E-state index in [0.29, 0.717) is 5.78 Å². The van der Waals surface area contributed by atoms with Crippen molar-refractivity contribution in [1.29, 1.82) is 0 Å². The molecule has 0 radical (unpaired) electrons. The summed E-state index contributed by atoms with van der Waals surface area (Å²) in [6.45, 7) is 4.06. The van der Waals surface area contributed by atoms with Crippen molar-refractivity contribution in [3.8, 4) is 0 Å². The Morgan fingerprint density at radius 2 is 1.82 bits per heavy atom. The van der Waals surface area contributed by atoms with Crippen molar-refractivity contribution in [3.63, 3.8) is 0 Å². The molecule has 0 N–H and O–H groups in total. The van der Waals surface area contributed by atoms with Crippen LogP contribution in [0, 0.1) is 0 Å². The minimum absolute atomic E-state index is 0.000000000000000222. The minimum atomic E-state index is 0.000000000000000222. The summed E-state index contributed by atoms with van der Waals surface area (Å²) < 4.78 is 0. The van der Waals surface area contributed by atoms with Gasteiger partial charge in [0, 0.05) is 0 Å². The molecular formula is C9H15NO. The van der Waals surface area contributed by atoms with Crippen LogP contribution in [-0.2, 0) is 4.79 Å². The largest absolute Gasteiger partial charge is 0.298 e. The van der Waals surface area contributed by atoms with Gasteiger partial charge in [-0.2, -0.15) is 0 Å². The highest BCUT2D eigenvalue weighted by atomic mass is 16.1. The first-order chi connectivity index (χ1) is 5.26. The maximum absolute atomic E-state index is 11.4. The van der Waals surface area contributed by atoms with Crippen LogP contribution < -0.4 is 0 Å². The summed E-state index contributed by atoms with van der Waals surface area (Å²) in [7, 11) is 0. The molecule has 2 aliphatic rings. The highest BCUT2D eigenvalue weighted by molar-refractivity contribution is 5.86. The number of nitrogens with zero attached hydrogens (tertiary/aromatic N) is 1. The summed E-state index contributed by atoms with van der Waals surface area (Å²) in [5.41, 5.74) is 0.000000000000000222. The lowest BCUT2D eigenvalue weighted by Gasteiger charge is -2.28. The molecule has 2 heterocycles. The fourth-order valence-corrected chi connectivity index (χ4v) is 2.68. The number of carbonyl (C=O) groups excluding carboxylic acids is 1. The first-order valence-corrected chi connectivity index (χ1v) is 4.52. The molecule has 2 aliphatic heterocycles. The fourth-order valence-electron chi connectivity index (χ4n) is 2.68. The Balaban J connectivity index is 2.26. The van der Waals surface area contributed by atoms with Gasteiger partial charge < -0.3 is 0 Å². The predicted octanol–water partition coefficient (Wildman–Crippen LogP) is 1.20. The quantitative estimate of drug-likeness (QED) is 0.564. The molecule has 0 bridgehead atoms. The smallest absolute Gasteiger partial charge is 0.150 e. The molecule has 0 amide bonds. The molecule has 62 valence electrons. The molecule has 2 saturated heterocycles. The first-order valence-electron chi connectivity index (χ1n) is 4.52. The number of hydrogen-bond donors (Lipinski definition) is 0. The van der Waals surface area contributed by atoms with E-state index in [1.165, 1.54) is 12.8 Å². The molecule has 0 unspecified atom stereocenters. The van der Waals surface area contributed by atoms with Crippen molar-refractivity contribution in [1.82, 2.24) is 4.90 Å². The van der Waals surface area contributed by atoms with E-state index in [2.05, 4.69) is 4.90 Å². The normalized spacial score (nSPS) is 28.8. The second kappa shape index (κ2) is 2.31. The number of ketones is 1. The zero-order chi connectivity index (χ0) is 7.90. The van der Waals surface area contributed by atoms with Crippen LogP contribution in [0.1, 0.15) is 32.6 Å². The van der Waals surface area contributed by atoms with Gasteiger partial charge in [0.05, 0.1) is 5.54 Å². The van der Waals surface area contributed by atoms with Crippen LogP contribution in [0.4, 0.5) is 0 Å². The summed E-state index contributed by atoms with van der Waals surface area (Å²) in [6.07, 6.45) is 4.67. The molecule has 0 saturated carbocycles. The van der Waals surface area contributed by atoms with Crippen LogP contribution in [0.5, 0.6) is 0 Å². The van der Waals surface area contributed by atoms with E-state index in [-0.39, 0.29) is 5.54 Å². The summed E-state index contributed by atoms with van der Waals surface area (Å²) in [4.78, 5) is 13.8. The van der Waals surface area contributed by atoms with E-state index in [1.807, 2.05) is 0 Å². The summed E-state index contributed by atoms with van der Waals surface area (Å²) in [5, 5.41) is 0. The molecule has 11 heavy (non-hydrogen) atoms. The van der Waals surface area contributed by atoms with Gasteiger partial charge in [-0.15, -0.1) is 0 Å². The van der Waals surface area contributed by atoms with Gasteiger partial charge >= 0.3 is 0 Å². The minimum Gasteiger partial charge on any atom is -0.298 e. The first kappa shape index (κ1) is 7.29. The second-order valence-electron chi connectivity index (χ2n) is 3.78. The number of fused-ring (bicyclic) bond motifs is 1. The maximum atomic E-state index is 11.4. The molecule has 2 nitrogen and oxygen atoms in total. The summed E-state index contributed by atoms with van der Waals surface area (Å²) >= 11 is 0. The van der Waals surface area contributed by atoms with Gasteiger partial charge in [0.2, 0.25) is 0 Å². The highest BCUT2D eigenvalue weighted by Gasteiger charge is 2.47. The van der Waals surface area contributed by atoms with E-state index in [4.69, 9.17) is 0 Å². The van der Waals surface area contributed by atoms with E-state index in [1.54, 1.807) is 6.92 Å². The monoisotopic (exact) mass is 153 g/mol. The summed E-state index contributed by atoms with van der Waals surface area (Å²) in [6, 6.07) is 0. The van der Waals surface area contributed by atoms with Crippen molar-refractivity contribution in [2.75, 3.05) is 13.1 Å². The van der Waals surface area contributed by atoms with Gasteiger partial charge in [-0.05, 0) is 45.7 Å². The van der Waals surface area contributed by atoms with Crippen LogP contribution in [0.3, 0.4) is 0 Å². The van der Waals surface area contributed by atoms with Crippen molar-refractivity contribution < 1.29 is 4.79 Å². The SMILES string of the molecule is CC(=O)C12CCCN1CCC2. The lowest BCUT2D eigenvalue weighted by atomic mass is 9.90. The highest BCUT2D eigenvalue weighted by Crippen LogP contribution is 2.39. The maximum Gasteiger partial charge on any atom is 0.150 e. The number of hydrogen-bond acceptors (Lipinski definition) is 2. The van der Waals surface area contributed by atoms with Crippen LogP contribution in [0.2, 0.25) is 0 Å². The Hall–Kier alpha value is -0.370. The average molecular weight is 153 g/mol. The average Bonchev–Trinajstić information content (AvgIpc) is 2.40. The fraction of sp³-hybridized carbons (Fsp3) is 0.889. The molecule has 0 spiro atoms. The predicted molar refractivity (Wildman–Crippen MR) is 43.5 cm³/mol. The van der Waals surface area contributed by atoms with Gasteiger partial charge in [-0.1, -0.05) is 0 Å². The van der Waals surface area contributed by atoms with Gasteiger partial charge in [0.15, 0.2) is 0 Å². The van der Waals surface area contributed by atoms with Crippen molar-refractivity contribution in [3.05, 3.63) is 0 Å². The molecule has 0 aromatic rings. The number of carbonyl (C=O) groups is 1. The standard InChI is InChI=1S/C9H15NO/c1-8(11)9-4-2-6-10(9)7-3-5-9/h2-7H2,1H3. The zero-order valence-electron chi connectivity index (χ0n) is 7.10. The van der Waals surface area contributed by atoms with Gasteiger partial charge in [0.25, 0.3) is 0 Å². The van der Waals surface area contributed by atoms with Crippen LogP contribution in [0.25, 0.3) is 0 Å². The lowest BCUT2D eigenvalue weighted by molar-refractivity contribution is -0.125. The third-order valence-corrected chi connectivity index (χ3v) is 3.30. The zero-order valence-corrected chi connectivity index (χ0v) is 7.10. The van der Waals surface area contributed by atoms with Crippen molar-refractivity contribution in [2.45, 2.75) is 38.1 Å². The van der Waals surface area contributed by atoms with Crippen molar-refractivity contribution >= 4 is 5.78 Å². The molecule has 0 aliphatic carbocycles. The van der Waals surface area contributed by atoms with Crippen LogP contribution >= 0.6 is 0 Å². The van der Waals surface area contributed by atoms with E-state index in [9.17, 15) is 4.79 Å². The summed E-state index contributed by atoms with van der Waals surface area (Å²) in [5.74, 6) is 0.396. The van der Waals surface area contributed by atoms with Crippen LogP contribution in [0.15, 0.2) is 0 Å². The Kier molecular flexibility index (Phi) is 1.53. The second-order valence-corrected chi connectivity index (χ2v) is 3.78. The lowest BCUT2D eigenvalue weighted by Crippen LogP contribution is -2.44. The van der Waals surface area contributed by atoms with E-state index in [0.717, 1.165) is 25.9 Å². The Morgan fingerprint density at radius 1 is 1.27 bits per heavy atom.